The van der Waals surface area contributed by atoms with Gasteiger partial charge in [-0.05, 0) is 25.1 Å². The van der Waals surface area contributed by atoms with Gasteiger partial charge >= 0.3 is 0 Å². The standard InChI is InChI=1S/C22H23N5O5S/c1-14-2-5-17(6-3-14)33(30,31)25-19(22(23)29)11-16-12-27(26-24-16)20-8-9-32-21-10-15(13-28)4-7-18(20)21/h2-7,10,12-13,19-20,25H,8-9,11H2,1H3,(H2,23,29). The fraction of sp³-hybridized carbons (Fsp3) is 0.273. The molecule has 2 aromatic carbocycles. The Morgan fingerprint density at radius 1 is 1.30 bits per heavy atom. The Bertz CT molecular complexity index is 1290. The first kappa shape index (κ1) is 22.6. The number of hydrogen-bond acceptors (Lipinski definition) is 7. The number of benzene rings is 2. The number of nitrogens with two attached hydrogens (primary N) is 1. The van der Waals surface area contributed by atoms with E-state index >= 15 is 0 Å². The van der Waals surface area contributed by atoms with Gasteiger partial charge in [-0.1, -0.05) is 35.0 Å². The van der Waals surface area contributed by atoms with Crippen molar-refractivity contribution in [2.24, 2.45) is 5.73 Å². The average molecular weight is 470 g/mol. The number of sulfonamides is 1. The van der Waals surface area contributed by atoms with Gasteiger partial charge in [0, 0.05) is 30.2 Å². The largest absolute Gasteiger partial charge is 0.493 e. The predicted molar refractivity (Wildman–Crippen MR) is 118 cm³/mol. The molecule has 0 aliphatic carbocycles. The fourth-order valence-corrected chi connectivity index (χ4v) is 4.88. The molecule has 10 nitrogen and oxygen atoms in total. The van der Waals surface area contributed by atoms with Gasteiger partial charge in [0.15, 0.2) is 0 Å². The number of nitrogens with one attached hydrogen (secondary N) is 1. The van der Waals surface area contributed by atoms with Crippen LogP contribution in [-0.2, 0) is 21.2 Å². The first-order chi connectivity index (χ1) is 15.8. The number of rotatable bonds is 8. The van der Waals surface area contributed by atoms with Crippen LogP contribution in [0.15, 0.2) is 53.6 Å². The Morgan fingerprint density at radius 3 is 2.76 bits per heavy atom. The summed E-state index contributed by atoms with van der Waals surface area (Å²) in [5.41, 5.74) is 8.15. The summed E-state index contributed by atoms with van der Waals surface area (Å²) in [6, 6.07) is 10.1. The van der Waals surface area contributed by atoms with Crippen LogP contribution in [0.2, 0.25) is 0 Å². The quantitative estimate of drug-likeness (QED) is 0.470. The maximum atomic E-state index is 12.7. The summed E-state index contributed by atoms with van der Waals surface area (Å²) in [4.78, 5) is 23.1. The minimum absolute atomic E-state index is 0.0384. The monoisotopic (exact) mass is 469 g/mol. The molecule has 1 aliphatic rings. The maximum absolute atomic E-state index is 12.7. The fourth-order valence-electron chi connectivity index (χ4n) is 3.68. The lowest BCUT2D eigenvalue weighted by atomic mass is 9.99. The summed E-state index contributed by atoms with van der Waals surface area (Å²) in [6.45, 7) is 2.28. The molecular weight excluding hydrogens is 446 g/mol. The summed E-state index contributed by atoms with van der Waals surface area (Å²) in [5, 5.41) is 8.28. The molecule has 2 unspecified atom stereocenters. The molecule has 2 heterocycles. The number of carbonyl (C=O) groups is 2. The molecule has 0 bridgehead atoms. The summed E-state index contributed by atoms with van der Waals surface area (Å²) in [6.07, 6.45) is 2.99. The zero-order valence-corrected chi connectivity index (χ0v) is 18.7. The van der Waals surface area contributed by atoms with Crippen LogP contribution in [0, 0.1) is 6.92 Å². The number of carbonyl (C=O) groups excluding carboxylic acids is 2. The van der Waals surface area contributed by atoms with E-state index in [4.69, 9.17) is 10.5 Å². The highest BCUT2D eigenvalue weighted by atomic mass is 32.2. The van der Waals surface area contributed by atoms with Crippen LogP contribution in [0.1, 0.15) is 39.6 Å². The molecule has 3 N–H and O–H groups in total. The molecule has 0 radical (unpaired) electrons. The lowest BCUT2D eigenvalue weighted by molar-refractivity contribution is -0.119. The highest BCUT2D eigenvalue weighted by Crippen LogP contribution is 2.34. The topological polar surface area (TPSA) is 146 Å². The van der Waals surface area contributed by atoms with E-state index in [1.807, 2.05) is 13.0 Å². The van der Waals surface area contributed by atoms with Crippen LogP contribution in [0.3, 0.4) is 0 Å². The molecule has 11 heteroatoms. The van der Waals surface area contributed by atoms with Crippen molar-refractivity contribution in [1.82, 2.24) is 19.7 Å². The minimum atomic E-state index is -3.95. The van der Waals surface area contributed by atoms with Gasteiger partial charge in [-0.15, -0.1) is 5.10 Å². The van der Waals surface area contributed by atoms with Gasteiger partial charge in [0.25, 0.3) is 0 Å². The molecule has 4 rings (SSSR count). The molecule has 1 aromatic heterocycles. The minimum Gasteiger partial charge on any atom is -0.493 e. The molecule has 0 saturated heterocycles. The van der Waals surface area contributed by atoms with Crippen molar-refractivity contribution in [3.05, 3.63) is 71.0 Å². The van der Waals surface area contributed by atoms with Gasteiger partial charge in [0.2, 0.25) is 15.9 Å². The number of aromatic nitrogens is 3. The number of amides is 1. The van der Waals surface area contributed by atoms with E-state index in [1.165, 1.54) is 12.1 Å². The predicted octanol–water partition coefficient (Wildman–Crippen LogP) is 1.15. The summed E-state index contributed by atoms with van der Waals surface area (Å²) in [5.74, 6) is -0.216. The van der Waals surface area contributed by atoms with E-state index < -0.39 is 22.0 Å². The third-order valence-electron chi connectivity index (χ3n) is 5.44. The van der Waals surface area contributed by atoms with Crippen LogP contribution in [0.4, 0.5) is 0 Å². The highest BCUT2D eigenvalue weighted by Gasteiger charge is 2.28. The number of aldehydes is 1. The zero-order valence-electron chi connectivity index (χ0n) is 17.8. The van der Waals surface area contributed by atoms with Crippen molar-refractivity contribution in [2.45, 2.75) is 36.7 Å². The van der Waals surface area contributed by atoms with Crippen molar-refractivity contribution in [3.63, 3.8) is 0 Å². The van der Waals surface area contributed by atoms with Gasteiger partial charge in [-0.3, -0.25) is 9.59 Å². The lowest BCUT2D eigenvalue weighted by Crippen LogP contribution is -2.45. The first-order valence-corrected chi connectivity index (χ1v) is 11.8. The lowest BCUT2D eigenvalue weighted by Gasteiger charge is -2.25. The Hall–Kier alpha value is -3.57. The smallest absolute Gasteiger partial charge is 0.241 e. The normalized spacial score (nSPS) is 16.5. The molecule has 1 amide bonds. The number of aryl methyl sites for hydroxylation is 1. The third kappa shape index (κ3) is 4.94. The van der Waals surface area contributed by atoms with E-state index in [9.17, 15) is 18.0 Å². The first-order valence-electron chi connectivity index (χ1n) is 10.3. The summed E-state index contributed by atoms with van der Waals surface area (Å²) in [7, 11) is -3.95. The number of primary amides is 1. The summed E-state index contributed by atoms with van der Waals surface area (Å²) < 4.78 is 35.1. The number of hydrogen-bond donors (Lipinski definition) is 2. The van der Waals surface area contributed by atoms with Crippen LogP contribution in [0.25, 0.3) is 0 Å². The Morgan fingerprint density at radius 2 is 2.06 bits per heavy atom. The van der Waals surface area contributed by atoms with Gasteiger partial charge in [-0.25, -0.2) is 13.1 Å². The molecule has 1 aliphatic heterocycles. The van der Waals surface area contributed by atoms with Crippen molar-refractivity contribution in [1.29, 1.82) is 0 Å². The van der Waals surface area contributed by atoms with E-state index in [0.717, 1.165) is 17.4 Å². The second-order valence-electron chi connectivity index (χ2n) is 7.85. The van der Waals surface area contributed by atoms with Crippen LogP contribution >= 0.6 is 0 Å². The Balaban J connectivity index is 1.53. The molecule has 172 valence electrons. The molecular formula is C22H23N5O5S. The van der Waals surface area contributed by atoms with Gasteiger partial charge < -0.3 is 10.5 Å². The molecule has 33 heavy (non-hydrogen) atoms. The Labute approximate surface area is 190 Å². The van der Waals surface area contributed by atoms with Gasteiger partial charge in [0.05, 0.1) is 23.2 Å². The van der Waals surface area contributed by atoms with Crippen LogP contribution < -0.4 is 15.2 Å². The second kappa shape index (κ2) is 9.12. The maximum Gasteiger partial charge on any atom is 0.241 e. The van der Waals surface area contributed by atoms with Crippen LogP contribution in [-0.4, -0.2) is 48.3 Å². The number of fused-ring (bicyclic) bond motifs is 1. The number of ether oxygens (including phenoxy) is 1. The number of nitrogens with zero attached hydrogens (tertiary/aromatic N) is 3. The molecule has 0 saturated carbocycles. The highest BCUT2D eigenvalue weighted by molar-refractivity contribution is 7.89. The second-order valence-corrected chi connectivity index (χ2v) is 9.57. The van der Waals surface area contributed by atoms with E-state index in [0.29, 0.717) is 30.0 Å². The average Bonchev–Trinajstić information content (AvgIpc) is 3.26. The summed E-state index contributed by atoms with van der Waals surface area (Å²) >= 11 is 0. The molecule has 0 spiro atoms. The molecule has 0 fully saturated rings. The van der Waals surface area contributed by atoms with Crippen LogP contribution in [0.5, 0.6) is 5.75 Å². The molecule has 2 atom stereocenters. The van der Waals surface area contributed by atoms with Crippen molar-refractivity contribution in [2.75, 3.05) is 6.61 Å². The van der Waals surface area contributed by atoms with E-state index in [2.05, 4.69) is 15.0 Å². The van der Waals surface area contributed by atoms with E-state index in [-0.39, 0.29) is 17.4 Å². The third-order valence-corrected chi connectivity index (χ3v) is 6.93. The SMILES string of the molecule is Cc1ccc(S(=O)(=O)NC(Cc2cn(C3CCOc4cc(C=O)ccc43)nn2)C(N)=O)cc1. The van der Waals surface area contributed by atoms with Gasteiger partial charge in [0.1, 0.15) is 18.1 Å². The zero-order chi connectivity index (χ0) is 23.6. The van der Waals surface area contributed by atoms with E-state index in [1.54, 1.807) is 35.1 Å². The van der Waals surface area contributed by atoms with Gasteiger partial charge in [-0.2, -0.15) is 4.72 Å². The van der Waals surface area contributed by atoms with Crippen molar-refractivity contribution < 1.29 is 22.7 Å². The van der Waals surface area contributed by atoms with Crippen molar-refractivity contribution in [3.8, 4) is 5.75 Å². The van der Waals surface area contributed by atoms with Crippen molar-refractivity contribution >= 4 is 22.2 Å². The molecule has 3 aromatic rings. The Kier molecular flexibility index (Phi) is 6.25.